The highest BCUT2D eigenvalue weighted by atomic mass is 79.9. The lowest BCUT2D eigenvalue weighted by Crippen LogP contribution is -2.16. The molecule has 20 heavy (non-hydrogen) atoms. The van der Waals surface area contributed by atoms with Crippen LogP contribution in [-0.4, -0.2) is 16.2 Å². The van der Waals surface area contributed by atoms with Crippen molar-refractivity contribution in [3.63, 3.8) is 0 Å². The van der Waals surface area contributed by atoms with Crippen LogP contribution in [0.2, 0.25) is 0 Å². The number of hydrogen-bond donors (Lipinski definition) is 0. The van der Waals surface area contributed by atoms with Gasteiger partial charge in [-0.05, 0) is 49.2 Å². The van der Waals surface area contributed by atoms with Gasteiger partial charge in [-0.15, -0.1) is 0 Å². The second-order valence-corrected chi connectivity index (χ2v) is 5.85. The lowest BCUT2D eigenvalue weighted by molar-refractivity contribution is -0.355. The largest absolute Gasteiger partial charge is 0.618 e. The Hall–Kier alpha value is -1.94. The predicted octanol–water partition coefficient (Wildman–Crippen LogP) is 3.89. The molecule has 0 saturated heterocycles. The number of ketones is 1. The molecule has 0 aromatic heterocycles. The van der Waals surface area contributed by atoms with Gasteiger partial charge in [-0.2, -0.15) is 4.74 Å². The normalized spacial score (nSPS) is 13.8. The lowest BCUT2D eigenvalue weighted by Gasteiger charge is -2.04. The maximum absolute atomic E-state index is 12.5. The molecule has 0 amide bonds. The molecule has 0 N–H and O–H groups in total. The van der Waals surface area contributed by atoms with Gasteiger partial charge in [0.15, 0.2) is 0 Å². The molecule has 0 bridgehead atoms. The Morgan fingerprint density at radius 2 is 1.80 bits per heavy atom. The summed E-state index contributed by atoms with van der Waals surface area (Å²) in [6.07, 6.45) is 0. The molecule has 100 valence electrons. The zero-order valence-corrected chi connectivity index (χ0v) is 12.7. The van der Waals surface area contributed by atoms with Crippen LogP contribution in [0, 0.1) is 19.1 Å². The lowest BCUT2D eigenvalue weighted by atomic mass is 9.99. The van der Waals surface area contributed by atoms with E-state index in [1.54, 1.807) is 24.3 Å². The highest BCUT2D eigenvalue weighted by Gasteiger charge is 2.36. The third-order valence-electron chi connectivity index (χ3n) is 3.59. The third-order valence-corrected chi connectivity index (χ3v) is 4.08. The number of carbonyl (C=O) groups excluding carboxylic acids is 1. The van der Waals surface area contributed by atoms with Crippen molar-refractivity contribution in [2.45, 2.75) is 13.8 Å². The van der Waals surface area contributed by atoms with Crippen LogP contribution in [0.4, 0.5) is 5.69 Å². The summed E-state index contributed by atoms with van der Waals surface area (Å²) in [5, 5.41) is 12.4. The summed E-state index contributed by atoms with van der Waals surface area (Å²) >= 11 is 3.36. The van der Waals surface area contributed by atoms with Crippen LogP contribution < -0.4 is 0 Å². The van der Waals surface area contributed by atoms with E-state index in [2.05, 4.69) is 15.9 Å². The molecule has 0 radical (unpaired) electrons. The van der Waals surface area contributed by atoms with E-state index in [4.69, 9.17) is 0 Å². The Balaban J connectivity index is 2.22. The molecular formula is C16H12BrNO2. The van der Waals surface area contributed by atoms with E-state index in [0.29, 0.717) is 16.8 Å². The summed E-state index contributed by atoms with van der Waals surface area (Å²) in [4.78, 5) is 12.5. The van der Waals surface area contributed by atoms with Gasteiger partial charge in [0, 0.05) is 10.5 Å². The first-order valence-electron chi connectivity index (χ1n) is 6.25. The fraction of sp³-hybridized carbons (Fsp3) is 0.125. The number of aryl methyl sites for hydroxylation is 2. The van der Waals surface area contributed by atoms with Gasteiger partial charge in [-0.25, -0.2) is 0 Å². The van der Waals surface area contributed by atoms with Gasteiger partial charge in [-0.1, -0.05) is 22.0 Å². The molecule has 0 fully saturated rings. The minimum Gasteiger partial charge on any atom is -0.618 e. The van der Waals surface area contributed by atoms with Crippen LogP contribution in [-0.2, 0) is 0 Å². The molecule has 3 nitrogen and oxygen atoms in total. The molecular weight excluding hydrogens is 318 g/mol. The Morgan fingerprint density at radius 3 is 2.50 bits per heavy atom. The highest BCUT2D eigenvalue weighted by molar-refractivity contribution is 9.10. The average molecular weight is 330 g/mol. The Bertz CT molecular complexity index is 778. The van der Waals surface area contributed by atoms with Gasteiger partial charge in [0.25, 0.3) is 11.5 Å². The number of Topliss-reactive ketones (excluding diaryl/α,β-unsaturated/α-hetero) is 1. The molecule has 0 spiro atoms. The van der Waals surface area contributed by atoms with Crippen molar-refractivity contribution in [3.05, 3.63) is 68.3 Å². The Labute approximate surface area is 125 Å². The van der Waals surface area contributed by atoms with Crippen molar-refractivity contribution in [3.8, 4) is 0 Å². The summed E-state index contributed by atoms with van der Waals surface area (Å²) in [6.45, 7) is 3.88. The van der Waals surface area contributed by atoms with E-state index in [9.17, 15) is 10.0 Å². The minimum atomic E-state index is -0.212. The van der Waals surface area contributed by atoms with E-state index in [0.717, 1.165) is 20.3 Å². The maximum Gasteiger partial charge on any atom is 0.272 e. The quantitative estimate of drug-likeness (QED) is 0.588. The van der Waals surface area contributed by atoms with Crippen LogP contribution >= 0.6 is 15.9 Å². The number of rotatable bonds is 1. The predicted molar refractivity (Wildman–Crippen MR) is 81.8 cm³/mol. The SMILES string of the molecule is Cc1cc2c(cc1C)[N+]([O-])=C(c1cccc(Br)c1)C2=O. The number of nitrogens with zero attached hydrogens (tertiary/aromatic N) is 1. The monoisotopic (exact) mass is 329 g/mol. The number of halogens is 1. The minimum absolute atomic E-state index is 0.186. The van der Waals surface area contributed by atoms with Crippen molar-refractivity contribution in [2.24, 2.45) is 0 Å². The molecule has 1 heterocycles. The zero-order valence-electron chi connectivity index (χ0n) is 11.1. The van der Waals surface area contributed by atoms with Crippen LogP contribution in [0.25, 0.3) is 0 Å². The molecule has 0 atom stereocenters. The molecule has 3 rings (SSSR count). The van der Waals surface area contributed by atoms with Crippen LogP contribution in [0.5, 0.6) is 0 Å². The fourth-order valence-corrected chi connectivity index (χ4v) is 2.77. The summed E-state index contributed by atoms with van der Waals surface area (Å²) in [5.41, 5.74) is 3.76. The smallest absolute Gasteiger partial charge is 0.272 e. The van der Waals surface area contributed by atoms with Gasteiger partial charge >= 0.3 is 0 Å². The molecule has 2 aromatic rings. The maximum atomic E-state index is 12.5. The van der Waals surface area contributed by atoms with E-state index >= 15 is 0 Å². The molecule has 4 heteroatoms. The number of benzene rings is 2. The molecule has 1 aliphatic rings. The standard InChI is InChI=1S/C16H12BrNO2/c1-9-6-13-14(7-10(9)2)18(20)15(16(13)19)11-4-3-5-12(17)8-11/h3-8H,1-2H3. The fourth-order valence-electron chi connectivity index (χ4n) is 2.38. The van der Waals surface area contributed by atoms with Gasteiger partial charge in [0.2, 0.25) is 5.69 Å². The van der Waals surface area contributed by atoms with E-state index in [1.807, 2.05) is 26.0 Å². The van der Waals surface area contributed by atoms with Gasteiger partial charge < -0.3 is 5.21 Å². The van der Waals surface area contributed by atoms with Crippen LogP contribution in [0.3, 0.4) is 0 Å². The molecule has 1 aliphatic heterocycles. The molecule has 2 aromatic carbocycles. The van der Waals surface area contributed by atoms with Crippen LogP contribution in [0.15, 0.2) is 40.9 Å². The first kappa shape index (κ1) is 13.1. The summed E-state index contributed by atoms with van der Waals surface area (Å²) < 4.78 is 1.58. The van der Waals surface area contributed by atoms with Crippen LogP contribution in [0.1, 0.15) is 27.0 Å². The first-order chi connectivity index (χ1) is 9.49. The number of hydrogen-bond acceptors (Lipinski definition) is 2. The van der Waals surface area contributed by atoms with E-state index < -0.39 is 0 Å². The number of carbonyl (C=O) groups is 1. The topological polar surface area (TPSA) is 43.1 Å². The molecule has 0 unspecified atom stereocenters. The highest BCUT2D eigenvalue weighted by Crippen LogP contribution is 2.31. The third kappa shape index (κ3) is 1.88. The van der Waals surface area contributed by atoms with E-state index in [-0.39, 0.29) is 11.5 Å². The first-order valence-corrected chi connectivity index (χ1v) is 7.04. The second kappa shape index (κ2) is 4.56. The van der Waals surface area contributed by atoms with Crippen molar-refractivity contribution < 1.29 is 9.53 Å². The van der Waals surface area contributed by atoms with Gasteiger partial charge in [0.1, 0.15) is 5.56 Å². The van der Waals surface area contributed by atoms with Crippen molar-refractivity contribution in [2.75, 3.05) is 0 Å². The van der Waals surface area contributed by atoms with Crippen molar-refractivity contribution >= 4 is 33.1 Å². The van der Waals surface area contributed by atoms with E-state index in [1.165, 1.54) is 0 Å². The average Bonchev–Trinajstić information content (AvgIpc) is 2.63. The summed E-state index contributed by atoms with van der Waals surface area (Å²) in [7, 11) is 0. The Morgan fingerprint density at radius 1 is 1.10 bits per heavy atom. The van der Waals surface area contributed by atoms with Gasteiger partial charge in [0.05, 0.1) is 5.56 Å². The van der Waals surface area contributed by atoms with Crippen molar-refractivity contribution in [1.29, 1.82) is 0 Å². The summed E-state index contributed by atoms with van der Waals surface area (Å²) in [6, 6.07) is 10.8. The summed E-state index contributed by atoms with van der Waals surface area (Å²) in [5.74, 6) is -0.212. The van der Waals surface area contributed by atoms with Crippen molar-refractivity contribution in [1.82, 2.24) is 0 Å². The number of fused-ring (bicyclic) bond motifs is 1. The molecule has 0 aliphatic carbocycles. The van der Waals surface area contributed by atoms with Gasteiger partial charge in [-0.3, -0.25) is 4.79 Å². The zero-order chi connectivity index (χ0) is 14.4. The molecule has 0 saturated carbocycles. The second-order valence-electron chi connectivity index (χ2n) is 4.94. The Kier molecular flexibility index (Phi) is 2.98.